The Kier molecular flexibility index (Phi) is 4.61. The minimum absolute atomic E-state index is 0.0253. The van der Waals surface area contributed by atoms with Crippen LogP contribution in [-0.2, 0) is 4.79 Å². The number of likely N-dealkylation sites (tertiary alicyclic amines) is 1. The maximum absolute atomic E-state index is 11.9. The molecule has 1 saturated heterocycles. The normalized spacial score (nSPS) is 17.7. The standard InChI is InChI=1S/C14H19ClN2O/c1-11(12-4-6-13(15)7-5-12)16-14(18)10-17-8-2-3-9-17/h4-7,11H,2-3,8-10H2,1H3,(H,16,18)/t11-/m0/s1. The summed E-state index contributed by atoms with van der Waals surface area (Å²) in [6.45, 7) is 4.59. The van der Waals surface area contributed by atoms with Gasteiger partial charge in [-0.05, 0) is 50.6 Å². The molecule has 0 radical (unpaired) electrons. The Morgan fingerprint density at radius 1 is 1.33 bits per heavy atom. The van der Waals surface area contributed by atoms with Crippen molar-refractivity contribution in [3.63, 3.8) is 0 Å². The number of rotatable bonds is 4. The van der Waals surface area contributed by atoms with E-state index in [1.165, 1.54) is 12.8 Å². The Hall–Kier alpha value is -1.06. The van der Waals surface area contributed by atoms with E-state index >= 15 is 0 Å². The number of nitrogens with one attached hydrogen (secondary N) is 1. The third kappa shape index (κ3) is 3.72. The second-order valence-electron chi connectivity index (χ2n) is 4.82. The molecule has 2 rings (SSSR count). The summed E-state index contributed by atoms with van der Waals surface area (Å²) < 4.78 is 0. The summed E-state index contributed by atoms with van der Waals surface area (Å²) in [4.78, 5) is 14.1. The van der Waals surface area contributed by atoms with Crippen molar-refractivity contribution in [2.45, 2.75) is 25.8 Å². The summed E-state index contributed by atoms with van der Waals surface area (Å²) in [5.74, 6) is 0.0966. The predicted molar refractivity (Wildman–Crippen MR) is 73.7 cm³/mol. The van der Waals surface area contributed by atoms with E-state index in [4.69, 9.17) is 11.6 Å². The fourth-order valence-electron chi connectivity index (χ4n) is 2.27. The molecule has 0 aliphatic carbocycles. The number of carbonyl (C=O) groups is 1. The van der Waals surface area contributed by atoms with Crippen molar-refractivity contribution in [2.75, 3.05) is 19.6 Å². The zero-order valence-electron chi connectivity index (χ0n) is 10.7. The second kappa shape index (κ2) is 6.21. The lowest BCUT2D eigenvalue weighted by Gasteiger charge is -2.18. The van der Waals surface area contributed by atoms with Crippen molar-refractivity contribution >= 4 is 17.5 Å². The number of hydrogen-bond acceptors (Lipinski definition) is 2. The molecule has 0 bridgehead atoms. The fraction of sp³-hybridized carbons (Fsp3) is 0.500. The average Bonchev–Trinajstić information content (AvgIpc) is 2.82. The molecule has 1 aromatic carbocycles. The summed E-state index contributed by atoms with van der Waals surface area (Å²) in [6, 6.07) is 7.61. The van der Waals surface area contributed by atoms with Crippen LogP contribution in [0.5, 0.6) is 0 Å². The molecular weight excluding hydrogens is 248 g/mol. The topological polar surface area (TPSA) is 32.3 Å². The monoisotopic (exact) mass is 266 g/mol. The van der Waals surface area contributed by atoms with Crippen LogP contribution in [0.15, 0.2) is 24.3 Å². The van der Waals surface area contributed by atoms with E-state index in [9.17, 15) is 4.79 Å². The van der Waals surface area contributed by atoms with Crippen molar-refractivity contribution in [3.05, 3.63) is 34.9 Å². The molecule has 1 aromatic rings. The first-order valence-electron chi connectivity index (χ1n) is 6.42. The van der Waals surface area contributed by atoms with Gasteiger partial charge in [0.1, 0.15) is 0 Å². The lowest BCUT2D eigenvalue weighted by molar-refractivity contribution is -0.122. The third-order valence-corrected chi connectivity index (χ3v) is 3.57. The SMILES string of the molecule is C[C@H](NC(=O)CN1CCCC1)c1ccc(Cl)cc1. The fourth-order valence-corrected chi connectivity index (χ4v) is 2.39. The summed E-state index contributed by atoms with van der Waals surface area (Å²) in [5, 5.41) is 3.74. The highest BCUT2D eigenvalue weighted by atomic mass is 35.5. The predicted octanol–water partition coefficient (Wildman–Crippen LogP) is 2.61. The minimum atomic E-state index is 0.0253. The number of amides is 1. The van der Waals surface area contributed by atoms with E-state index in [-0.39, 0.29) is 11.9 Å². The van der Waals surface area contributed by atoms with Crippen LogP contribution in [0.4, 0.5) is 0 Å². The van der Waals surface area contributed by atoms with E-state index in [1.807, 2.05) is 31.2 Å². The molecule has 0 unspecified atom stereocenters. The van der Waals surface area contributed by atoms with Crippen molar-refractivity contribution in [2.24, 2.45) is 0 Å². The molecule has 1 N–H and O–H groups in total. The number of nitrogens with zero attached hydrogens (tertiary/aromatic N) is 1. The largest absolute Gasteiger partial charge is 0.348 e. The summed E-state index contributed by atoms with van der Waals surface area (Å²) >= 11 is 5.84. The molecule has 1 aliphatic heterocycles. The van der Waals surface area contributed by atoms with Gasteiger partial charge in [0.2, 0.25) is 5.91 Å². The zero-order valence-corrected chi connectivity index (χ0v) is 11.4. The van der Waals surface area contributed by atoms with Crippen molar-refractivity contribution < 1.29 is 4.79 Å². The highest BCUT2D eigenvalue weighted by Crippen LogP contribution is 2.16. The van der Waals surface area contributed by atoms with Crippen LogP contribution < -0.4 is 5.32 Å². The van der Waals surface area contributed by atoms with Crippen LogP contribution in [0, 0.1) is 0 Å². The molecule has 18 heavy (non-hydrogen) atoms. The Balaban J connectivity index is 1.84. The van der Waals surface area contributed by atoms with Crippen LogP contribution in [0.25, 0.3) is 0 Å². The highest BCUT2D eigenvalue weighted by Gasteiger charge is 2.16. The second-order valence-corrected chi connectivity index (χ2v) is 5.26. The zero-order chi connectivity index (χ0) is 13.0. The molecular formula is C14H19ClN2O. The van der Waals surface area contributed by atoms with E-state index in [0.29, 0.717) is 11.6 Å². The molecule has 0 saturated carbocycles. The van der Waals surface area contributed by atoms with E-state index in [0.717, 1.165) is 18.7 Å². The van der Waals surface area contributed by atoms with Gasteiger partial charge in [0.15, 0.2) is 0 Å². The molecule has 1 heterocycles. The molecule has 1 atom stereocenters. The Labute approximate surface area is 113 Å². The summed E-state index contributed by atoms with van der Waals surface area (Å²) in [5.41, 5.74) is 1.08. The molecule has 98 valence electrons. The molecule has 0 aromatic heterocycles. The van der Waals surface area contributed by atoms with Crippen molar-refractivity contribution in [3.8, 4) is 0 Å². The van der Waals surface area contributed by atoms with E-state index in [2.05, 4.69) is 10.2 Å². The number of halogens is 1. The van der Waals surface area contributed by atoms with E-state index in [1.54, 1.807) is 0 Å². The van der Waals surface area contributed by atoms with Gasteiger partial charge in [-0.3, -0.25) is 9.69 Å². The Morgan fingerprint density at radius 2 is 1.94 bits per heavy atom. The van der Waals surface area contributed by atoms with Gasteiger partial charge in [-0.1, -0.05) is 23.7 Å². The van der Waals surface area contributed by atoms with Crippen LogP contribution in [0.3, 0.4) is 0 Å². The molecule has 4 heteroatoms. The lowest BCUT2D eigenvalue weighted by atomic mass is 10.1. The summed E-state index contributed by atoms with van der Waals surface area (Å²) in [6.07, 6.45) is 2.42. The number of hydrogen-bond donors (Lipinski definition) is 1. The van der Waals surface area contributed by atoms with Crippen molar-refractivity contribution in [1.29, 1.82) is 0 Å². The maximum atomic E-state index is 11.9. The first kappa shape index (κ1) is 13.4. The smallest absolute Gasteiger partial charge is 0.234 e. The highest BCUT2D eigenvalue weighted by molar-refractivity contribution is 6.30. The number of benzene rings is 1. The van der Waals surface area contributed by atoms with E-state index < -0.39 is 0 Å². The number of carbonyl (C=O) groups excluding carboxylic acids is 1. The van der Waals surface area contributed by atoms with Crippen LogP contribution >= 0.6 is 11.6 Å². The first-order valence-corrected chi connectivity index (χ1v) is 6.80. The average molecular weight is 267 g/mol. The molecule has 1 aliphatic rings. The summed E-state index contributed by atoms with van der Waals surface area (Å²) in [7, 11) is 0. The molecule has 0 spiro atoms. The van der Waals surface area contributed by atoms with Crippen LogP contribution in [0.2, 0.25) is 5.02 Å². The first-order chi connectivity index (χ1) is 8.65. The van der Waals surface area contributed by atoms with Gasteiger partial charge in [-0.25, -0.2) is 0 Å². The minimum Gasteiger partial charge on any atom is -0.348 e. The van der Waals surface area contributed by atoms with Gasteiger partial charge in [0.05, 0.1) is 12.6 Å². The van der Waals surface area contributed by atoms with Crippen molar-refractivity contribution in [1.82, 2.24) is 10.2 Å². The lowest BCUT2D eigenvalue weighted by Crippen LogP contribution is -2.36. The molecule has 3 nitrogen and oxygen atoms in total. The maximum Gasteiger partial charge on any atom is 0.234 e. The van der Waals surface area contributed by atoms with Gasteiger partial charge < -0.3 is 5.32 Å². The Bertz CT molecular complexity index is 399. The van der Waals surface area contributed by atoms with Crippen LogP contribution in [-0.4, -0.2) is 30.4 Å². The van der Waals surface area contributed by atoms with Gasteiger partial charge in [0.25, 0.3) is 0 Å². The molecule has 1 fully saturated rings. The third-order valence-electron chi connectivity index (χ3n) is 3.31. The van der Waals surface area contributed by atoms with Gasteiger partial charge in [-0.15, -0.1) is 0 Å². The van der Waals surface area contributed by atoms with Gasteiger partial charge in [0, 0.05) is 5.02 Å². The van der Waals surface area contributed by atoms with Crippen LogP contribution in [0.1, 0.15) is 31.4 Å². The Morgan fingerprint density at radius 3 is 2.56 bits per heavy atom. The van der Waals surface area contributed by atoms with Gasteiger partial charge in [-0.2, -0.15) is 0 Å². The molecule has 1 amide bonds. The quantitative estimate of drug-likeness (QED) is 0.909. The van der Waals surface area contributed by atoms with Gasteiger partial charge >= 0.3 is 0 Å².